The number of hydrogen-bond acceptors (Lipinski definition) is 6. The fraction of sp³-hybridized carbons (Fsp3) is 0.654. The zero-order valence-corrected chi connectivity index (χ0v) is 21.8. The highest BCUT2D eigenvalue weighted by molar-refractivity contribution is 8.02. The molecule has 3 saturated heterocycles. The number of benzene rings is 1. The van der Waals surface area contributed by atoms with Crippen molar-refractivity contribution in [2.24, 2.45) is 11.8 Å². The molecule has 0 aromatic heterocycles. The van der Waals surface area contributed by atoms with Gasteiger partial charge in [-0.15, -0.1) is 11.8 Å². The minimum Gasteiger partial charge on any atom is -0.494 e. The van der Waals surface area contributed by atoms with Crippen LogP contribution in [-0.4, -0.2) is 69.1 Å². The van der Waals surface area contributed by atoms with Gasteiger partial charge in [-0.3, -0.25) is 14.4 Å². The second kappa shape index (κ2) is 10.0. The highest BCUT2D eigenvalue weighted by atomic mass is 32.2. The van der Waals surface area contributed by atoms with Gasteiger partial charge in [0.25, 0.3) is 0 Å². The van der Waals surface area contributed by atoms with Gasteiger partial charge in [-0.1, -0.05) is 13.3 Å². The summed E-state index contributed by atoms with van der Waals surface area (Å²) in [6, 6.07) is 6.50. The topological polar surface area (TPSA) is 108 Å². The van der Waals surface area contributed by atoms with Crippen LogP contribution in [0.3, 0.4) is 0 Å². The lowest BCUT2D eigenvalue weighted by Gasteiger charge is -2.35. The fourth-order valence-corrected chi connectivity index (χ4v) is 8.68. The number of carbonyl (C=O) groups excluding carboxylic acids is 3. The van der Waals surface area contributed by atoms with E-state index in [1.165, 1.54) is 4.90 Å². The number of carbonyl (C=O) groups is 3. The number of thioether (sulfide) groups is 1. The van der Waals surface area contributed by atoms with Gasteiger partial charge in [0.1, 0.15) is 11.8 Å². The molecule has 3 heterocycles. The molecule has 0 saturated carbocycles. The lowest BCUT2D eigenvalue weighted by Crippen LogP contribution is -2.55. The van der Waals surface area contributed by atoms with Crippen LogP contribution in [0.1, 0.15) is 53.4 Å². The molecule has 1 aromatic rings. The van der Waals surface area contributed by atoms with Gasteiger partial charge in [-0.25, -0.2) is 0 Å². The maximum atomic E-state index is 13.7. The highest BCUT2D eigenvalue weighted by Crippen LogP contribution is 2.71. The molecule has 3 aliphatic heterocycles. The summed E-state index contributed by atoms with van der Waals surface area (Å²) in [5.74, 6) is -1.02. The van der Waals surface area contributed by atoms with E-state index in [1.807, 2.05) is 20.8 Å². The van der Waals surface area contributed by atoms with E-state index in [9.17, 15) is 19.5 Å². The molecule has 8 nitrogen and oxygen atoms in total. The van der Waals surface area contributed by atoms with Crippen LogP contribution in [0.4, 0.5) is 5.69 Å². The maximum absolute atomic E-state index is 13.7. The molecule has 3 unspecified atom stereocenters. The Morgan fingerprint density at radius 3 is 2.57 bits per heavy atom. The summed E-state index contributed by atoms with van der Waals surface area (Å²) in [6.07, 6.45) is 3.24. The number of nitrogens with one attached hydrogen (secondary N) is 2. The number of fused-ring (bicyclic) bond motifs is 1. The van der Waals surface area contributed by atoms with Gasteiger partial charge in [-0.05, 0) is 64.3 Å². The van der Waals surface area contributed by atoms with E-state index in [-0.39, 0.29) is 36.9 Å². The molecule has 3 N–H and O–H groups in total. The first-order valence-electron chi connectivity index (χ1n) is 12.7. The third kappa shape index (κ3) is 4.42. The first kappa shape index (κ1) is 25.8. The number of aliphatic hydroxyl groups excluding tert-OH is 1. The normalized spacial score (nSPS) is 31.9. The van der Waals surface area contributed by atoms with E-state index in [0.717, 1.165) is 25.0 Å². The number of hydrogen-bond donors (Lipinski definition) is 3. The van der Waals surface area contributed by atoms with Crippen molar-refractivity contribution in [1.82, 2.24) is 10.2 Å². The fourth-order valence-electron chi connectivity index (χ4n) is 6.32. The van der Waals surface area contributed by atoms with Crippen LogP contribution in [0.15, 0.2) is 24.3 Å². The van der Waals surface area contributed by atoms with Crippen molar-refractivity contribution in [3.63, 3.8) is 0 Å². The second-order valence-electron chi connectivity index (χ2n) is 10.1. The van der Waals surface area contributed by atoms with Crippen molar-refractivity contribution < 1.29 is 24.2 Å². The van der Waals surface area contributed by atoms with Crippen LogP contribution < -0.4 is 15.4 Å². The van der Waals surface area contributed by atoms with Crippen LogP contribution >= 0.6 is 11.8 Å². The number of rotatable bonds is 10. The number of anilines is 1. The zero-order chi connectivity index (χ0) is 25.4. The summed E-state index contributed by atoms with van der Waals surface area (Å²) < 4.78 is 4.37. The molecular weight excluding hydrogens is 466 g/mol. The Morgan fingerprint density at radius 1 is 1.23 bits per heavy atom. The molecule has 6 atom stereocenters. The number of likely N-dealkylation sites (tertiary alicyclic amines) is 1. The van der Waals surface area contributed by atoms with E-state index in [1.54, 1.807) is 36.0 Å². The van der Waals surface area contributed by atoms with E-state index in [0.29, 0.717) is 18.7 Å². The first-order valence-corrected chi connectivity index (χ1v) is 13.5. The molecule has 192 valence electrons. The highest BCUT2D eigenvalue weighted by Gasteiger charge is 2.77. The van der Waals surface area contributed by atoms with Gasteiger partial charge in [-0.2, -0.15) is 0 Å². The van der Waals surface area contributed by atoms with Crippen molar-refractivity contribution in [3.05, 3.63) is 24.3 Å². The molecule has 0 radical (unpaired) electrons. The summed E-state index contributed by atoms with van der Waals surface area (Å²) in [4.78, 5) is 42.4. The minimum atomic E-state index is -0.693. The molecule has 3 fully saturated rings. The number of aliphatic hydroxyl groups is 1. The molecule has 3 amide bonds. The maximum Gasteiger partial charge on any atom is 0.244 e. The van der Waals surface area contributed by atoms with E-state index in [4.69, 9.17) is 4.74 Å². The first-order chi connectivity index (χ1) is 16.7. The quantitative estimate of drug-likeness (QED) is 0.453. The van der Waals surface area contributed by atoms with Crippen LogP contribution in [0, 0.1) is 11.8 Å². The van der Waals surface area contributed by atoms with Crippen molar-refractivity contribution in [2.45, 2.75) is 75.0 Å². The van der Waals surface area contributed by atoms with Gasteiger partial charge in [0.2, 0.25) is 17.7 Å². The van der Waals surface area contributed by atoms with Crippen LogP contribution in [-0.2, 0) is 14.4 Å². The molecule has 3 aliphatic rings. The predicted octanol–water partition coefficient (Wildman–Crippen LogP) is 2.80. The largest absolute Gasteiger partial charge is 0.494 e. The molecule has 1 aromatic carbocycles. The van der Waals surface area contributed by atoms with Crippen molar-refractivity contribution >= 4 is 35.2 Å². The smallest absolute Gasteiger partial charge is 0.244 e. The van der Waals surface area contributed by atoms with Crippen molar-refractivity contribution in [1.29, 1.82) is 0 Å². The SMILES string of the molecule is CCCC(C)NC(=O)C1N(CCO)C(=O)[C@@H]2[C@H](C(=O)Nc3ccc(OCC)cc3)[C@]3(C)CCC12S3. The molecule has 0 aliphatic carbocycles. The van der Waals surface area contributed by atoms with Gasteiger partial charge in [0, 0.05) is 23.0 Å². The lowest BCUT2D eigenvalue weighted by molar-refractivity contribution is -0.140. The molecule has 35 heavy (non-hydrogen) atoms. The van der Waals surface area contributed by atoms with E-state index >= 15 is 0 Å². The average Bonchev–Trinajstić information content (AvgIpc) is 3.37. The Morgan fingerprint density at radius 2 is 1.94 bits per heavy atom. The Hall–Kier alpha value is -2.26. The zero-order valence-electron chi connectivity index (χ0n) is 21.0. The summed E-state index contributed by atoms with van der Waals surface area (Å²) in [6.45, 7) is 8.41. The minimum absolute atomic E-state index is 0.00743. The predicted molar refractivity (Wildman–Crippen MR) is 136 cm³/mol. The number of amides is 3. The number of ether oxygens (including phenoxy) is 1. The van der Waals surface area contributed by atoms with E-state index < -0.39 is 27.4 Å². The second-order valence-corrected chi connectivity index (χ2v) is 12.0. The Labute approximate surface area is 211 Å². The average molecular weight is 504 g/mol. The molecule has 2 bridgehead atoms. The van der Waals surface area contributed by atoms with Crippen LogP contribution in [0.25, 0.3) is 0 Å². The molecule has 4 rings (SSSR count). The van der Waals surface area contributed by atoms with Crippen molar-refractivity contribution in [3.8, 4) is 5.75 Å². The van der Waals surface area contributed by atoms with Crippen LogP contribution in [0.2, 0.25) is 0 Å². The number of nitrogens with zero attached hydrogens (tertiary/aromatic N) is 1. The van der Waals surface area contributed by atoms with Gasteiger partial charge in [0.05, 0.1) is 29.8 Å². The van der Waals surface area contributed by atoms with Gasteiger partial charge in [0.15, 0.2) is 0 Å². The summed E-state index contributed by atoms with van der Waals surface area (Å²) in [5, 5.41) is 15.8. The van der Waals surface area contributed by atoms with Crippen LogP contribution in [0.5, 0.6) is 5.75 Å². The van der Waals surface area contributed by atoms with E-state index in [2.05, 4.69) is 17.6 Å². The Balaban J connectivity index is 1.62. The van der Waals surface area contributed by atoms with Gasteiger partial charge >= 0.3 is 0 Å². The summed E-state index contributed by atoms with van der Waals surface area (Å²) in [7, 11) is 0. The molecule has 1 spiro atoms. The monoisotopic (exact) mass is 503 g/mol. The summed E-state index contributed by atoms with van der Waals surface area (Å²) in [5.41, 5.74) is 0.643. The molecule has 9 heteroatoms. The molecular formula is C26H37N3O5S. The Kier molecular flexibility index (Phi) is 7.38. The van der Waals surface area contributed by atoms with Crippen molar-refractivity contribution in [2.75, 3.05) is 25.1 Å². The number of β-amino-alcohol motifs (C(OH)–C–C–N with tert-alkyl or cyclic N) is 1. The lowest BCUT2D eigenvalue weighted by atomic mass is 9.66. The standard InChI is InChI=1S/C26H37N3O5S/c1-5-7-16(3)27-23(32)21-26-13-12-25(4,35-26)19(20(26)24(33)29(21)14-15-30)22(31)28-17-8-10-18(11-9-17)34-6-2/h8-11,16,19-21,30H,5-7,12-15H2,1-4H3,(H,27,32)(H,28,31)/t16?,19-,20+,21?,25+,26?/m1/s1. The Bertz CT molecular complexity index is 972. The third-order valence-corrected chi connectivity index (χ3v) is 9.68. The third-order valence-electron chi connectivity index (χ3n) is 7.69. The summed E-state index contributed by atoms with van der Waals surface area (Å²) >= 11 is 1.63. The van der Waals surface area contributed by atoms with Gasteiger partial charge < -0.3 is 25.4 Å².